The number of carbonyl (C=O) groups is 1. The number of nitrogens with one attached hydrogen (secondary N) is 1. The molecule has 17 heavy (non-hydrogen) atoms. The lowest BCUT2D eigenvalue weighted by Crippen LogP contribution is -2.32. The molecule has 1 amide bonds. The number of anilines is 1. The lowest BCUT2D eigenvalue weighted by Gasteiger charge is -2.17. The predicted octanol–water partition coefficient (Wildman–Crippen LogP) is 3.04. The minimum atomic E-state index is 0.0319. The summed E-state index contributed by atoms with van der Waals surface area (Å²) in [6, 6.07) is 5.83. The van der Waals surface area contributed by atoms with E-state index in [0.717, 1.165) is 28.8 Å². The van der Waals surface area contributed by atoms with E-state index in [9.17, 15) is 4.79 Å². The third-order valence-corrected chi connectivity index (χ3v) is 3.57. The third-order valence-electron chi connectivity index (χ3n) is 2.72. The van der Waals surface area contributed by atoms with Crippen molar-refractivity contribution in [3.63, 3.8) is 0 Å². The van der Waals surface area contributed by atoms with Crippen molar-refractivity contribution in [3.05, 3.63) is 28.2 Å². The van der Waals surface area contributed by atoms with E-state index in [-0.39, 0.29) is 5.91 Å². The molecule has 4 heteroatoms. The Morgan fingerprint density at radius 1 is 1.35 bits per heavy atom. The highest BCUT2D eigenvalue weighted by molar-refractivity contribution is 9.10. The number of halogens is 1. The van der Waals surface area contributed by atoms with E-state index in [2.05, 4.69) is 40.0 Å². The third kappa shape index (κ3) is 4.48. The van der Waals surface area contributed by atoms with Gasteiger partial charge in [-0.05, 0) is 37.7 Å². The maximum Gasteiger partial charge on any atom is 0.238 e. The van der Waals surface area contributed by atoms with Crippen LogP contribution in [0.2, 0.25) is 0 Å². The molecule has 0 saturated heterocycles. The molecule has 3 nitrogen and oxygen atoms in total. The van der Waals surface area contributed by atoms with Crippen molar-refractivity contribution < 1.29 is 4.79 Å². The second-order valence-electron chi connectivity index (χ2n) is 3.97. The first-order valence-electron chi connectivity index (χ1n) is 5.85. The summed E-state index contributed by atoms with van der Waals surface area (Å²) in [6.07, 6.45) is 0. The highest BCUT2D eigenvalue weighted by Crippen LogP contribution is 2.20. The van der Waals surface area contributed by atoms with E-state index in [0.29, 0.717) is 6.54 Å². The molecule has 1 N–H and O–H groups in total. The molecule has 0 unspecified atom stereocenters. The standard InChI is InChI=1S/C13H19BrN2O/c1-4-16(5-2)9-13(17)15-11-7-6-10(3)12(14)8-11/h6-8H,4-5,9H2,1-3H3,(H,15,17). The van der Waals surface area contributed by atoms with Crippen molar-refractivity contribution in [2.75, 3.05) is 25.0 Å². The maximum absolute atomic E-state index is 11.8. The van der Waals surface area contributed by atoms with Crippen LogP contribution in [-0.2, 0) is 4.79 Å². The van der Waals surface area contributed by atoms with Crippen LogP contribution in [0.15, 0.2) is 22.7 Å². The number of benzene rings is 1. The lowest BCUT2D eigenvalue weighted by molar-refractivity contribution is -0.117. The minimum absolute atomic E-state index is 0.0319. The van der Waals surface area contributed by atoms with Crippen LogP contribution in [0.3, 0.4) is 0 Å². The van der Waals surface area contributed by atoms with Gasteiger partial charge in [0.25, 0.3) is 0 Å². The van der Waals surface area contributed by atoms with Crippen LogP contribution >= 0.6 is 15.9 Å². The van der Waals surface area contributed by atoms with Crippen LogP contribution in [0.5, 0.6) is 0 Å². The first-order chi connectivity index (χ1) is 8.06. The van der Waals surface area contributed by atoms with E-state index < -0.39 is 0 Å². The van der Waals surface area contributed by atoms with Gasteiger partial charge in [-0.1, -0.05) is 35.8 Å². The molecule has 0 aliphatic carbocycles. The Kier molecular flexibility index (Phi) is 5.65. The fourth-order valence-electron chi connectivity index (χ4n) is 1.52. The van der Waals surface area contributed by atoms with Crippen LogP contribution in [0, 0.1) is 6.92 Å². The van der Waals surface area contributed by atoms with E-state index in [1.807, 2.05) is 25.1 Å². The molecule has 0 aliphatic heterocycles. The molecule has 0 bridgehead atoms. The van der Waals surface area contributed by atoms with Gasteiger partial charge in [0.15, 0.2) is 0 Å². The van der Waals surface area contributed by atoms with E-state index >= 15 is 0 Å². The van der Waals surface area contributed by atoms with Crippen LogP contribution in [-0.4, -0.2) is 30.4 Å². The van der Waals surface area contributed by atoms with Gasteiger partial charge in [0.1, 0.15) is 0 Å². The van der Waals surface area contributed by atoms with Crippen LogP contribution in [0.1, 0.15) is 19.4 Å². The molecule has 0 aliphatic rings. The van der Waals surface area contributed by atoms with Gasteiger partial charge in [-0.2, -0.15) is 0 Å². The zero-order chi connectivity index (χ0) is 12.8. The summed E-state index contributed by atoms with van der Waals surface area (Å²) in [7, 11) is 0. The molecule has 0 spiro atoms. The SMILES string of the molecule is CCN(CC)CC(=O)Nc1ccc(C)c(Br)c1. The summed E-state index contributed by atoms with van der Waals surface area (Å²) in [6.45, 7) is 8.35. The van der Waals surface area contributed by atoms with E-state index in [1.165, 1.54) is 0 Å². The number of hydrogen-bond acceptors (Lipinski definition) is 2. The summed E-state index contributed by atoms with van der Waals surface area (Å²) < 4.78 is 1.01. The predicted molar refractivity (Wildman–Crippen MR) is 75.3 cm³/mol. The van der Waals surface area contributed by atoms with Crippen molar-refractivity contribution in [2.24, 2.45) is 0 Å². The van der Waals surface area contributed by atoms with E-state index in [4.69, 9.17) is 0 Å². The van der Waals surface area contributed by atoms with Gasteiger partial charge in [-0.25, -0.2) is 0 Å². The Labute approximate surface area is 111 Å². The molecular weight excluding hydrogens is 280 g/mol. The Morgan fingerprint density at radius 2 is 2.00 bits per heavy atom. The highest BCUT2D eigenvalue weighted by atomic mass is 79.9. The molecule has 0 radical (unpaired) electrons. The van der Waals surface area contributed by atoms with Crippen molar-refractivity contribution in [3.8, 4) is 0 Å². The molecule has 1 aromatic carbocycles. The molecule has 0 aromatic heterocycles. The van der Waals surface area contributed by atoms with Gasteiger partial charge < -0.3 is 5.32 Å². The average Bonchev–Trinajstić information content (AvgIpc) is 2.31. The summed E-state index contributed by atoms with van der Waals surface area (Å²) in [5.74, 6) is 0.0319. The summed E-state index contributed by atoms with van der Waals surface area (Å²) in [4.78, 5) is 13.9. The Morgan fingerprint density at radius 3 is 2.53 bits per heavy atom. The zero-order valence-electron chi connectivity index (χ0n) is 10.6. The Bertz CT molecular complexity index is 389. The molecule has 0 atom stereocenters. The van der Waals surface area contributed by atoms with Crippen LogP contribution < -0.4 is 5.32 Å². The molecule has 94 valence electrons. The summed E-state index contributed by atoms with van der Waals surface area (Å²) in [5.41, 5.74) is 1.99. The second-order valence-corrected chi connectivity index (χ2v) is 4.83. The quantitative estimate of drug-likeness (QED) is 0.906. The molecular formula is C13H19BrN2O. The monoisotopic (exact) mass is 298 g/mol. The summed E-state index contributed by atoms with van der Waals surface area (Å²) >= 11 is 3.45. The van der Waals surface area contributed by atoms with Crippen molar-refractivity contribution in [1.29, 1.82) is 0 Å². The first kappa shape index (κ1) is 14.2. The van der Waals surface area contributed by atoms with E-state index in [1.54, 1.807) is 0 Å². The number of nitrogens with zero attached hydrogens (tertiary/aromatic N) is 1. The van der Waals surface area contributed by atoms with Gasteiger partial charge in [-0.15, -0.1) is 0 Å². The van der Waals surface area contributed by atoms with Gasteiger partial charge in [0.05, 0.1) is 6.54 Å². The van der Waals surface area contributed by atoms with Gasteiger partial charge in [0, 0.05) is 10.2 Å². The summed E-state index contributed by atoms with van der Waals surface area (Å²) in [5, 5.41) is 2.90. The Hall–Kier alpha value is -0.870. The fraction of sp³-hybridized carbons (Fsp3) is 0.462. The Balaban J connectivity index is 2.58. The van der Waals surface area contributed by atoms with Crippen LogP contribution in [0.25, 0.3) is 0 Å². The van der Waals surface area contributed by atoms with Crippen molar-refractivity contribution >= 4 is 27.5 Å². The molecule has 1 rings (SSSR count). The smallest absolute Gasteiger partial charge is 0.238 e. The molecule has 1 aromatic rings. The number of likely N-dealkylation sites (N-methyl/N-ethyl adjacent to an activating group) is 1. The second kappa shape index (κ2) is 6.77. The number of amides is 1. The number of hydrogen-bond donors (Lipinski definition) is 1. The minimum Gasteiger partial charge on any atom is -0.325 e. The molecule has 0 saturated carbocycles. The van der Waals surface area contributed by atoms with Crippen LogP contribution in [0.4, 0.5) is 5.69 Å². The normalized spacial score (nSPS) is 10.6. The molecule has 0 heterocycles. The largest absolute Gasteiger partial charge is 0.325 e. The topological polar surface area (TPSA) is 32.3 Å². The van der Waals surface area contributed by atoms with Gasteiger partial charge in [0.2, 0.25) is 5.91 Å². The number of rotatable bonds is 5. The van der Waals surface area contributed by atoms with Crippen molar-refractivity contribution in [2.45, 2.75) is 20.8 Å². The number of aryl methyl sites for hydroxylation is 1. The zero-order valence-corrected chi connectivity index (χ0v) is 12.2. The number of carbonyl (C=O) groups excluding carboxylic acids is 1. The average molecular weight is 299 g/mol. The van der Waals surface area contributed by atoms with Gasteiger partial charge in [-0.3, -0.25) is 9.69 Å². The maximum atomic E-state index is 11.8. The first-order valence-corrected chi connectivity index (χ1v) is 6.64. The molecule has 0 fully saturated rings. The lowest BCUT2D eigenvalue weighted by atomic mass is 10.2. The van der Waals surface area contributed by atoms with Crippen molar-refractivity contribution in [1.82, 2.24) is 4.90 Å². The highest BCUT2D eigenvalue weighted by Gasteiger charge is 2.07. The fourth-order valence-corrected chi connectivity index (χ4v) is 1.90. The van der Waals surface area contributed by atoms with Gasteiger partial charge >= 0.3 is 0 Å².